The number of thiocarbonyl (C=S) groups is 1. The van der Waals surface area contributed by atoms with Crippen LogP contribution in [0.15, 0.2) is 36.4 Å². The molecule has 2 nitrogen and oxygen atoms in total. The van der Waals surface area contributed by atoms with E-state index in [0.29, 0.717) is 15.7 Å². The van der Waals surface area contributed by atoms with Crippen LogP contribution in [0.5, 0.6) is 0 Å². The predicted molar refractivity (Wildman–Crippen MR) is 92.8 cm³/mol. The van der Waals surface area contributed by atoms with Crippen LogP contribution in [0.25, 0.3) is 0 Å². The molecule has 0 fully saturated rings. The van der Waals surface area contributed by atoms with Gasteiger partial charge in [0.15, 0.2) is 5.11 Å². The minimum atomic E-state index is -4.55. The molecule has 122 valence electrons. The Morgan fingerprint density at radius 2 is 1.61 bits per heavy atom. The average Bonchev–Trinajstić information content (AvgIpc) is 2.43. The van der Waals surface area contributed by atoms with Gasteiger partial charge in [0.1, 0.15) is 0 Å². The van der Waals surface area contributed by atoms with E-state index < -0.39 is 11.7 Å². The molecule has 0 aliphatic heterocycles. The third-order valence-electron chi connectivity index (χ3n) is 2.71. The second-order valence-electron chi connectivity index (χ2n) is 4.40. The van der Waals surface area contributed by atoms with E-state index in [0.717, 1.165) is 12.1 Å². The molecule has 0 saturated heterocycles. The zero-order chi connectivity index (χ0) is 17.2. The van der Waals surface area contributed by atoms with Crippen LogP contribution < -0.4 is 10.6 Å². The van der Waals surface area contributed by atoms with E-state index in [-0.39, 0.29) is 15.8 Å². The molecule has 0 saturated carbocycles. The van der Waals surface area contributed by atoms with Crippen molar-refractivity contribution >= 4 is 63.5 Å². The maximum absolute atomic E-state index is 12.8. The summed E-state index contributed by atoms with van der Waals surface area (Å²) < 4.78 is 38.4. The number of benzene rings is 2. The number of nitrogens with one attached hydrogen (secondary N) is 2. The Bertz CT molecular complexity index is 751. The number of anilines is 2. The van der Waals surface area contributed by atoms with Crippen molar-refractivity contribution in [2.75, 3.05) is 10.6 Å². The molecule has 9 heteroatoms. The maximum Gasteiger partial charge on any atom is 0.417 e. The molecule has 2 aromatic rings. The van der Waals surface area contributed by atoms with E-state index in [9.17, 15) is 13.2 Å². The van der Waals surface area contributed by atoms with Crippen LogP contribution in [-0.2, 0) is 6.18 Å². The first-order valence-electron chi connectivity index (χ1n) is 6.06. The Morgan fingerprint density at radius 1 is 0.913 bits per heavy atom. The Kier molecular flexibility index (Phi) is 5.62. The molecule has 0 bridgehead atoms. The summed E-state index contributed by atoms with van der Waals surface area (Å²) in [7, 11) is 0. The zero-order valence-corrected chi connectivity index (χ0v) is 14.2. The summed E-state index contributed by atoms with van der Waals surface area (Å²) in [5, 5.41) is 5.88. The second-order valence-corrected chi connectivity index (χ2v) is 6.05. The standard InChI is InChI=1S/C14H8Cl3F3N2S/c15-7-1-4-12(11(17)5-7)22-13(23)21-8-2-3-10(16)9(6-8)14(18,19)20/h1-6H,(H2,21,22,23). The summed E-state index contributed by atoms with van der Waals surface area (Å²) in [6.07, 6.45) is -4.55. The lowest BCUT2D eigenvalue weighted by atomic mass is 10.2. The Hall–Kier alpha value is -1.21. The highest BCUT2D eigenvalue weighted by Gasteiger charge is 2.33. The predicted octanol–water partition coefficient (Wildman–Crippen LogP) is 6.47. The number of halogens is 6. The molecule has 0 radical (unpaired) electrons. The first-order chi connectivity index (χ1) is 10.7. The van der Waals surface area contributed by atoms with E-state index in [2.05, 4.69) is 10.6 Å². The Labute approximate surface area is 150 Å². The fourth-order valence-electron chi connectivity index (χ4n) is 1.70. The highest BCUT2D eigenvalue weighted by Crippen LogP contribution is 2.36. The molecule has 0 aromatic heterocycles. The van der Waals surface area contributed by atoms with Gasteiger partial charge in [-0.15, -0.1) is 0 Å². The van der Waals surface area contributed by atoms with Crippen molar-refractivity contribution in [1.29, 1.82) is 0 Å². The van der Waals surface area contributed by atoms with E-state index in [1.54, 1.807) is 12.1 Å². The minimum absolute atomic E-state index is 0.0738. The Morgan fingerprint density at radius 3 is 2.22 bits per heavy atom. The SMILES string of the molecule is FC(F)(F)c1cc(NC(=S)Nc2ccc(Cl)cc2Cl)ccc1Cl. The molecule has 23 heavy (non-hydrogen) atoms. The van der Waals surface area contributed by atoms with Crippen LogP contribution in [-0.4, -0.2) is 5.11 Å². The van der Waals surface area contributed by atoms with Crippen molar-refractivity contribution in [3.8, 4) is 0 Å². The van der Waals surface area contributed by atoms with Crippen LogP contribution in [0.1, 0.15) is 5.56 Å². The quantitative estimate of drug-likeness (QED) is 0.566. The lowest BCUT2D eigenvalue weighted by molar-refractivity contribution is -0.137. The molecular formula is C14H8Cl3F3N2S. The van der Waals surface area contributed by atoms with Gasteiger partial charge in [0.05, 0.1) is 21.3 Å². The van der Waals surface area contributed by atoms with Crippen molar-refractivity contribution in [1.82, 2.24) is 0 Å². The van der Waals surface area contributed by atoms with Crippen LogP contribution >= 0.6 is 47.0 Å². The molecular weight excluding hydrogens is 392 g/mol. The van der Waals surface area contributed by atoms with Gasteiger partial charge in [-0.05, 0) is 48.6 Å². The molecule has 0 atom stereocenters. The summed E-state index contributed by atoms with van der Waals surface area (Å²) >= 11 is 22.4. The molecule has 2 N–H and O–H groups in total. The summed E-state index contributed by atoms with van der Waals surface area (Å²) in [6.45, 7) is 0. The fraction of sp³-hybridized carbons (Fsp3) is 0.0714. The highest BCUT2D eigenvalue weighted by molar-refractivity contribution is 7.80. The second kappa shape index (κ2) is 7.13. The van der Waals surface area contributed by atoms with Gasteiger partial charge in [-0.25, -0.2) is 0 Å². The molecule has 2 rings (SSSR count). The molecule has 0 heterocycles. The molecule has 0 aliphatic rings. The summed E-state index contributed by atoms with van der Waals surface area (Å²) in [4.78, 5) is 0. The van der Waals surface area contributed by atoms with Crippen molar-refractivity contribution in [3.05, 3.63) is 57.0 Å². The minimum Gasteiger partial charge on any atom is -0.332 e. The summed E-state index contributed by atoms with van der Waals surface area (Å²) in [6, 6.07) is 8.11. The third kappa shape index (κ3) is 4.88. The van der Waals surface area contributed by atoms with Crippen molar-refractivity contribution in [2.45, 2.75) is 6.18 Å². The molecule has 0 amide bonds. The zero-order valence-electron chi connectivity index (χ0n) is 11.1. The maximum atomic E-state index is 12.8. The molecule has 2 aromatic carbocycles. The smallest absolute Gasteiger partial charge is 0.332 e. The first kappa shape index (κ1) is 18.1. The molecule has 0 unspecified atom stereocenters. The fourth-order valence-corrected chi connectivity index (χ4v) is 2.60. The van der Waals surface area contributed by atoms with Crippen molar-refractivity contribution in [2.24, 2.45) is 0 Å². The Balaban J connectivity index is 2.14. The number of rotatable bonds is 2. The largest absolute Gasteiger partial charge is 0.417 e. The molecule has 0 spiro atoms. The monoisotopic (exact) mass is 398 g/mol. The number of alkyl halides is 3. The van der Waals surface area contributed by atoms with E-state index in [4.69, 9.17) is 47.0 Å². The topological polar surface area (TPSA) is 24.1 Å². The van der Waals surface area contributed by atoms with Gasteiger partial charge in [-0.2, -0.15) is 13.2 Å². The third-order valence-corrected chi connectivity index (χ3v) is 3.79. The molecule has 0 aliphatic carbocycles. The van der Waals surface area contributed by atoms with Gasteiger partial charge in [0.25, 0.3) is 0 Å². The number of hydrogen-bond acceptors (Lipinski definition) is 1. The van der Waals surface area contributed by atoms with Gasteiger partial charge in [-0.3, -0.25) is 0 Å². The van der Waals surface area contributed by atoms with Gasteiger partial charge < -0.3 is 10.6 Å². The normalized spacial score (nSPS) is 11.2. The van der Waals surface area contributed by atoms with Crippen LogP contribution in [0.4, 0.5) is 24.5 Å². The average molecular weight is 400 g/mol. The number of hydrogen-bond donors (Lipinski definition) is 2. The lowest BCUT2D eigenvalue weighted by Crippen LogP contribution is -2.19. The van der Waals surface area contributed by atoms with Crippen molar-refractivity contribution < 1.29 is 13.2 Å². The van der Waals surface area contributed by atoms with E-state index >= 15 is 0 Å². The van der Waals surface area contributed by atoms with Crippen LogP contribution in [0, 0.1) is 0 Å². The van der Waals surface area contributed by atoms with Gasteiger partial charge in [0, 0.05) is 10.7 Å². The highest BCUT2D eigenvalue weighted by atomic mass is 35.5. The van der Waals surface area contributed by atoms with Crippen molar-refractivity contribution in [3.63, 3.8) is 0 Å². The van der Waals surface area contributed by atoms with Gasteiger partial charge in [0.2, 0.25) is 0 Å². The first-order valence-corrected chi connectivity index (χ1v) is 7.61. The summed E-state index contributed by atoms with van der Waals surface area (Å²) in [5.74, 6) is 0. The lowest BCUT2D eigenvalue weighted by Gasteiger charge is -2.14. The van der Waals surface area contributed by atoms with Crippen LogP contribution in [0.3, 0.4) is 0 Å². The summed E-state index contributed by atoms with van der Waals surface area (Å²) in [5.41, 5.74) is -0.334. The van der Waals surface area contributed by atoms with E-state index in [1.165, 1.54) is 12.1 Å². The van der Waals surface area contributed by atoms with Gasteiger partial charge >= 0.3 is 6.18 Å². The van der Waals surface area contributed by atoms with E-state index in [1.807, 2.05) is 0 Å². The van der Waals surface area contributed by atoms with Gasteiger partial charge in [-0.1, -0.05) is 34.8 Å². The van der Waals surface area contributed by atoms with Crippen LogP contribution in [0.2, 0.25) is 15.1 Å².